The van der Waals surface area contributed by atoms with Crippen molar-refractivity contribution < 1.29 is 0 Å². The van der Waals surface area contributed by atoms with Gasteiger partial charge in [-0.25, -0.2) is 0 Å². The molecule has 2 heteroatoms. The van der Waals surface area contributed by atoms with Crippen LogP contribution < -0.4 is 9.80 Å². The molecule has 5 aromatic carbocycles. The average molecular weight is 539 g/mol. The van der Waals surface area contributed by atoms with Crippen molar-refractivity contribution in [1.82, 2.24) is 0 Å². The highest BCUT2D eigenvalue weighted by atomic mass is 15.2. The van der Waals surface area contributed by atoms with Gasteiger partial charge in [-0.15, -0.1) is 0 Å². The van der Waals surface area contributed by atoms with E-state index in [0.29, 0.717) is 5.92 Å². The third-order valence-electron chi connectivity index (χ3n) is 9.38. The summed E-state index contributed by atoms with van der Waals surface area (Å²) in [5, 5.41) is 2.57. The number of nitrogens with zero attached hydrogens (tertiary/aromatic N) is 2. The van der Waals surface area contributed by atoms with E-state index < -0.39 is 0 Å². The van der Waals surface area contributed by atoms with Crippen LogP contribution >= 0.6 is 0 Å². The van der Waals surface area contributed by atoms with E-state index in [1.807, 2.05) is 0 Å². The van der Waals surface area contributed by atoms with Crippen LogP contribution in [0.25, 0.3) is 10.8 Å². The summed E-state index contributed by atoms with van der Waals surface area (Å²) in [7, 11) is 0. The van der Waals surface area contributed by atoms with Gasteiger partial charge in [-0.05, 0) is 101 Å². The second kappa shape index (κ2) is 8.96. The number of para-hydroxylation sites is 1. The summed E-state index contributed by atoms with van der Waals surface area (Å²) in [4.78, 5) is 5.02. The van der Waals surface area contributed by atoms with Crippen LogP contribution in [0.2, 0.25) is 0 Å². The van der Waals surface area contributed by atoms with Gasteiger partial charge in [0.25, 0.3) is 0 Å². The van der Waals surface area contributed by atoms with Gasteiger partial charge >= 0.3 is 0 Å². The lowest BCUT2D eigenvalue weighted by atomic mass is 9.69. The van der Waals surface area contributed by atoms with Gasteiger partial charge in [0, 0.05) is 34.5 Å². The highest BCUT2D eigenvalue weighted by Gasteiger charge is 2.43. The molecule has 2 unspecified atom stereocenters. The van der Waals surface area contributed by atoms with Crippen LogP contribution in [0.4, 0.5) is 28.4 Å². The molecular weight excluding hydrogens is 508 g/mol. The highest BCUT2D eigenvalue weighted by Crippen LogP contribution is 2.61. The number of aryl methyl sites for hydroxylation is 1. The van der Waals surface area contributed by atoms with E-state index in [-0.39, 0.29) is 5.92 Å². The molecule has 0 saturated carbocycles. The Morgan fingerprint density at radius 2 is 1.38 bits per heavy atom. The third-order valence-corrected chi connectivity index (χ3v) is 9.38. The van der Waals surface area contributed by atoms with Crippen LogP contribution in [0, 0.1) is 12.8 Å². The van der Waals surface area contributed by atoms with Crippen LogP contribution in [0.5, 0.6) is 0 Å². The summed E-state index contributed by atoms with van der Waals surface area (Å²) in [5.74, 6) is 0.586. The monoisotopic (exact) mass is 538 g/mol. The van der Waals surface area contributed by atoms with Crippen molar-refractivity contribution in [3.8, 4) is 0 Å². The molecule has 0 saturated heterocycles. The van der Waals surface area contributed by atoms with Gasteiger partial charge in [0.05, 0.1) is 17.1 Å². The first-order valence-corrected chi connectivity index (χ1v) is 14.9. The summed E-state index contributed by atoms with van der Waals surface area (Å²) >= 11 is 0. The van der Waals surface area contributed by atoms with Crippen LogP contribution in [0.1, 0.15) is 29.0 Å². The molecule has 0 spiro atoms. The Kier molecular flexibility index (Phi) is 5.04. The Morgan fingerprint density at radius 3 is 2.21 bits per heavy atom. The molecule has 0 aromatic heterocycles. The first-order chi connectivity index (χ1) is 20.7. The fourth-order valence-electron chi connectivity index (χ4n) is 7.58. The van der Waals surface area contributed by atoms with Crippen LogP contribution in [0.3, 0.4) is 0 Å². The molecular formula is C40H30N2. The van der Waals surface area contributed by atoms with Crippen LogP contribution in [-0.4, -0.2) is 0 Å². The van der Waals surface area contributed by atoms with E-state index in [9.17, 15) is 0 Å². The molecule has 0 N–H and O–H groups in total. The minimum atomic E-state index is 0.184. The Balaban J connectivity index is 1.40. The van der Waals surface area contributed by atoms with Crippen LogP contribution in [-0.2, 0) is 0 Å². The smallest absolute Gasteiger partial charge is 0.0524 e. The number of hydrogen-bond donors (Lipinski definition) is 0. The van der Waals surface area contributed by atoms with Crippen molar-refractivity contribution in [2.75, 3.05) is 9.80 Å². The zero-order valence-electron chi connectivity index (χ0n) is 23.5. The molecule has 200 valence electrons. The maximum Gasteiger partial charge on any atom is 0.0524 e. The van der Waals surface area contributed by atoms with E-state index >= 15 is 0 Å². The van der Waals surface area contributed by atoms with Crippen molar-refractivity contribution >= 4 is 39.2 Å². The molecule has 0 fully saturated rings. The Hall–Kier alpha value is -5.08. The zero-order valence-corrected chi connectivity index (χ0v) is 23.5. The van der Waals surface area contributed by atoms with E-state index in [1.165, 1.54) is 72.7 Å². The quantitative estimate of drug-likeness (QED) is 0.221. The van der Waals surface area contributed by atoms with Gasteiger partial charge in [0.2, 0.25) is 0 Å². The molecule has 0 bridgehead atoms. The molecule has 9 rings (SSSR count). The molecule has 2 atom stereocenters. The topological polar surface area (TPSA) is 6.48 Å². The van der Waals surface area contributed by atoms with Gasteiger partial charge in [0.15, 0.2) is 0 Å². The molecule has 0 radical (unpaired) electrons. The minimum absolute atomic E-state index is 0.184. The molecule has 5 aromatic rings. The number of benzene rings is 5. The minimum Gasteiger partial charge on any atom is -0.310 e. The van der Waals surface area contributed by atoms with Crippen molar-refractivity contribution in [3.05, 3.63) is 173 Å². The van der Waals surface area contributed by atoms with Gasteiger partial charge in [-0.2, -0.15) is 0 Å². The van der Waals surface area contributed by atoms with Gasteiger partial charge in [-0.1, -0.05) is 85.0 Å². The predicted octanol–water partition coefficient (Wildman–Crippen LogP) is 10.5. The normalized spacial score (nSPS) is 19.7. The second-order valence-corrected chi connectivity index (χ2v) is 11.9. The largest absolute Gasteiger partial charge is 0.310 e. The van der Waals surface area contributed by atoms with Gasteiger partial charge in [0.1, 0.15) is 0 Å². The zero-order chi connectivity index (χ0) is 27.8. The summed E-state index contributed by atoms with van der Waals surface area (Å²) in [6, 6.07) is 40.4. The Bertz CT molecular complexity index is 2040. The fourth-order valence-corrected chi connectivity index (χ4v) is 7.58. The Morgan fingerprint density at radius 1 is 0.643 bits per heavy atom. The lowest BCUT2D eigenvalue weighted by molar-refractivity contribution is 0.677. The van der Waals surface area contributed by atoms with E-state index in [0.717, 1.165) is 6.42 Å². The average Bonchev–Trinajstić information content (AvgIpc) is 3.03. The summed E-state index contributed by atoms with van der Waals surface area (Å²) in [6.45, 7) is 2.18. The maximum absolute atomic E-state index is 2.51. The van der Waals surface area contributed by atoms with Gasteiger partial charge in [-0.3, -0.25) is 0 Å². The molecule has 2 aliphatic carbocycles. The first kappa shape index (κ1) is 23.6. The maximum atomic E-state index is 2.51. The standard InChI is InChI=1S/C40H30N2/c1-26-11-9-18-32(21-26)42-36-20-10-19-35-40(36)39(34-23-28-13-6-8-15-30(28)25-38(34)42)33-22-27-12-5-7-14-29(27)24-37(33)41(35)31-16-3-2-4-17-31/h2-21,23-25,27,39H,22H2,1H3. The lowest BCUT2D eigenvalue weighted by Crippen LogP contribution is -2.33. The lowest BCUT2D eigenvalue weighted by Gasteiger charge is -2.47. The molecule has 2 nitrogen and oxygen atoms in total. The van der Waals surface area contributed by atoms with Crippen molar-refractivity contribution in [2.45, 2.75) is 19.3 Å². The van der Waals surface area contributed by atoms with E-state index in [2.05, 4.69) is 156 Å². The third kappa shape index (κ3) is 3.39. The second-order valence-electron chi connectivity index (χ2n) is 11.9. The van der Waals surface area contributed by atoms with Crippen molar-refractivity contribution in [2.24, 2.45) is 5.92 Å². The number of anilines is 5. The van der Waals surface area contributed by atoms with Crippen molar-refractivity contribution in [1.29, 1.82) is 0 Å². The molecule has 4 aliphatic rings. The molecule has 2 heterocycles. The summed E-state index contributed by atoms with van der Waals surface area (Å²) in [6.07, 6.45) is 12.5. The number of rotatable bonds is 2. The number of allylic oxidation sites excluding steroid dienone is 7. The first-order valence-electron chi connectivity index (χ1n) is 14.9. The predicted molar refractivity (Wildman–Crippen MR) is 175 cm³/mol. The molecule has 42 heavy (non-hydrogen) atoms. The molecule has 2 aliphatic heterocycles. The van der Waals surface area contributed by atoms with E-state index in [4.69, 9.17) is 0 Å². The summed E-state index contributed by atoms with van der Waals surface area (Å²) in [5.41, 5.74) is 14.5. The number of hydrogen-bond acceptors (Lipinski definition) is 2. The Labute approximate surface area is 246 Å². The summed E-state index contributed by atoms with van der Waals surface area (Å²) < 4.78 is 0. The molecule has 0 amide bonds. The number of fused-ring (bicyclic) bond motifs is 5. The van der Waals surface area contributed by atoms with Gasteiger partial charge < -0.3 is 9.80 Å². The van der Waals surface area contributed by atoms with Crippen molar-refractivity contribution in [3.63, 3.8) is 0 Å². The SMILES string of the molecule is Cc1cccc(N2c3cc4ccccc4cc3C3C4=C(C=C5C=CC=CC5C4)N(c4ccccc4)c4cccc2c43)c1. The highest BCUT2D eigenvalue weighted by molar-refractivity contribution is 5.98. The van der Waals surface area contributed by atoms with E-state index in [1.54, 1.807) is 0 Å². The van der Waals surface area contributed by atoms with Crippen LogP contribution in [0.15, 0.2) is 156 Å². The fraction of sp³-hybridized carbons (Fsp3) is 0.100.